The van der Waals surface area contributed by atoms with Crippen LogP contribution in [0, 0.1) is 17.8 Å². The predicted molar refractivity (Wildman–Crippen MR) is 334 cm³/mol. The molecule has 2 aromatic heterocycles. The van der Waals surface area contributed by atoms with Crippen molar-refractivity contribution in [3.8, 4) is 0 Å². The van der Waals surface area contributed by atoms with E-state index in [9.17, 15) is 113 Å². The molecule has 0 saturated carbocycles. The number of nitrogens with one attached hydrogen (secondary N) is 8. The van der Waals surface area contributed by atoms with Gasteiger partial charge in [-0.15, -0.1) is 0 Å². The number of primary amides is 1. The standard InChI is InChI=1S/C59H87N13O25/c1-2-35(57(94)95)67-54(91)30(6-15-44(81)62-19-20-73)22-39(76)37(13-18-47(85)86)69-55(92)31(7-16-45(82)64-26-41(78)49(87)50(88)42(79)27-74)23-40(77)36(12-17-46(83)84)68-53(90)29(5-14-43(60)80)21-34(75)10-11-38(58(96)97)70-52(89)28-3-8-32(9-4-28)63-24-33-25-65-51-48(66-33)56(93)72-59(61)71-51/h3-4,8-9,25,29-31,34-38,41-42,49-50,53,63,68,73-75,78-79,87-88,90H,2,5-7,10-24,26-27H2,1H3,(H2,60,80)(H,62,81)(H,64,82)(H,67,91)(H,69,92)(H,70,89)(H,83,84)(H,85,86)(H,94,95)(H,96,97)(H3,61,65,71,72,93)/t29-,30-,31-,34?,35-,36-,37-,38-,41+,42-,49-,50-,53?/m1/s1. The van der Waals surface area contributed by atoms with Gasteiger partial charge in [0.25, 0.3) is 11.5 Å². The highest BCUT2D eigenvalue weighted by molar-refractivity contribution is 5.97. The molecule has 38 nitrogen and oxygen atoms in total. The van der Waals surface area contributed by atoms with Gasteiger partial charge in [-0.1, -0.05) is 6.92 Å². The number of fused-ring (bicyclic) bond motifs is 1. The summed E-state index contributed by atoms with van der Waals surface area (Å²) in [5.74, 6) is -18.3. The van der Waals surface area contributed by atoms with Gasteiger partial charge >= 0.3 is 23.9 Å². The number of nitrogen functional groups attached to an aromatic ring is 1. The Hall–Kier alpha value is -9.28. The first-order valence-electron chi connectivity index (χ1n) is 30.9. The fraction of sp³-hybridized carbons (Fsp3) is 0.593. The molecule has 13 atom stereocenters. The first-order valence-corrected chi connectivity index (χ1v) is 30.9. The molecule has 0 aliphatic rings. The summed E-state index contributed by atoms with van der Waals surface area (Å²) in [4.78, 5) is 183. The molecule has 0 spiro atoms. The summed E-state index contributed by atoms with van der Waals surface area (Å²) in [5, 5.41) is 138. The van der Waals surface area contributed by atoms with Gasteiger partial charge in [-0.2, -0.15) is 4.98 Å². The monoisotopic (exact) mass is 1380 g/mol. The number of carboxylic acids is 4. The number of carbonyl (C=O) groups excluding carboxylic acids is 8. The summed E-state index contributed by atoms with van der Waals surface area (Å²) in [6, 6.07) is -0.888. The third-order valence-corrected chi connectivity index (χ3v) is 15.4. The lowest BCUT2D eigenvalue weighted by Crippen LogP contribution is -2.50. The second kappa shape index (κ2) is 41.6. The second-order valence-electron chi connectivity index (χ2n) is 22.9. The van der Waals surface area contributed by atoms with E-state index in [1.54, 1.807) is 0 Å². The van der Waals surface area contributed by atoms with Gasteiger partial charge in [0, 0.05) is 87.0 Å². The average molecular weight is 1380 g/mol. The minimum Gasteiger partial charge on any atom is -0.481 e. The number of amides is 6. The van der Waals surface area contributed by atoms with Gasteiger partial charge < -0.3 is 105 Å². The molecule has 38 heteroatoms. The molecule has 0 aliphatic carbocycles. The third-order valence-electron chi connectivity index (χ3n) is 15.4. The number of ketones is 2. The van der Waals surface area contributed by atoms with Crippen LogP contribution in [0.5, 0.6) is 0 Å². The third kappa shape index (κ3) is 29.3. The molecule has 0 radical (unpaired) electrons. The van der Waals surface area contributed by atoms with Crippen LogP contribution >= 0.6 is 0 Å². The number of aliphatic carboxylic acids is 4. The Bertz CT molecular complexity index is 3230. The number of carbonyl (C=O) groups is 12. The van der Waals surface area contributed by atoms with E-state index in [0.29, 0.717) is 11.4 Å². The van der Waals surface area contributed by atoms with Gasteiger partial charge in [0.05, 0.1) is 55.9 Å². The number of rotatable bonds is 49. The lowest BCUT2D eigenvalue weighted by Gasteiger charge is -2.30. The van der Waals surface area contributed by atoms with E-state index in [0.717, 1.165) is 0 Å². The van der Waals surface area contributed by atoms with Crippen molar-refractivity contribution in [3.63, 3.8) is 0 Å². The largest absolute Gasteiger partial charge is 0.481 e. The van der Waals surface area contributed by atoms with Crippen molar-refractivity contribution in [3.05, 3.63) is 52.1 Å². The van der Waals surface area contributed by atoms with Crippen LogP contribution < -0.4 is 54.2 Å². The minimum absolute atomic E-state index is 0.0210. The molecule has 3 aromatic rings. The molecule has 0 bridgehead atoms. The SMILES string of the molecule is CC[C@@H](NC(=O)[C@H](CCC(=O)NCCO)CC(=O)[C@@H](CCC(=O)O)NC(=O)[C@H](CCC(=O)NC[C@H](O)[C@@H](O)[C@H](O)[C@H](O)CO)CC(=O)[C@@H](CCC(=O)O)NC(O)[C@H](CCC(N)=O)CC(O)CC[C@@H](NC(=O)c1ccc(NCc2cnc3nc(N)[nH]c(=O)c3n2)cc1)C(=O)O)C(=O)O. The second-order valence-corrected chi connectivity index (χ2v) is 22.9. The highest BCUT2D eigenvalue weighted by Crippen LogP contribution is 2.24. The summed E-state index contributed by atoms with van der Waals surface area (Å²) in [7, 11) is 0. The summed E-state index contributed by atoms with van der Waals surface area (Å²) < 4.78 is 0. The van der Waals surface area contributed by atoms with Crippen molar-refractivity contribution in [2.75, 3.05) is 37.4 Å². The maximum Gasteiger partial charge on any atom is 0.326 e. The average Bonchev–Trinajstić information content (AvgIpc) is 0.895. The number of anilines is 2. The van der Waals surface area contributed by atoms with Gasteiger partial charge in [-0.3, -0.25) is 63.0 Å². The Morgan fingerprint density at radius 3 is 1.72 bits per heavy atom. The number of benzene rings is 1. The van der Waals surface area contributed by atoms with Crippen molar-refractivity contribution < 1.29 is 119 Å². The summed E-state index contributed by atoms with van der Waals surface area (Å²) in [5.41, 5.74) is 11.2. The normalized spacial score (nSPS) is 15.4. The smallest absolute Gasteiger partial charge is 0.326 e. The Labute approximate surface area is 552 Å². The minimum atomic E-state index is -2.13. The Kier molecular flexibility index (Phi) is 35.2. The zero-order valence-corrected chi connectivity index (χ0v) is 52.9. The molecule has 24 N–H and O–H groups in total. The van der Waals surface area contributed by atoms with E-state index in [4.69, 9.17) is 21.7 Å². The van der Waals surface area contributed by atoms with Gasteiger partial charge in [0.1, 0.15) is 36.6 Å². The maximum absolute atomic E-state index is 14.5. The molecule has 0 aliphatic heterocycles. The van der Waals surface area contributed by atoms with Gasteiger partial charge in [0.2, 0.25) is 35.5 Å². The van der Waals surface area contributed by atoms with Crippen molar-refractivity contribution in [2.45, 2.75) is 177 Å². The Morgan fingerprint density at radius 1 is 0.619 bits per heavy atom. The molecule has 2 heterocycles. The van der Waals surface area contributed by atoms with Crippen LogP contribution in [0.2, 0.25) is 0 Å². The van der Waals surface area contributed by atoms with Crippen LogP contribution in [-0.2, 0) is 59.3 Å². The highest BCUT2D eigenvalue weighted by Gasteiger charge is 2.36. The van der Waals surface area contributed by atoms with Crippen molar-refractivity contribution in [2.24, 2.45) is 23.5 Å². The van der Waals surface area contributed by atoms with Crippen LogP contribution in [0.3, 0.4) is 0 Å². The molecule has 2 unspecified atom stereocenters. The maximum atomic E-state index is 14.5. The van der Waals surface area contributed by atoms with Crippen molar-refractivity contribution in [1.82, 2.24) is 51.8 Å². The molecule has 97 heavy (non-hydrogen) atoms. The van der Waals surface area contributed by atoms with Crippen LogP contribution in [0.4, 0.5) is 11.6 Å². The number of nitrogens with zero attached hydrogens (tertiary/aromatic N) is 3. The molecular weight excluding hydrogens is 1290 g/mol. The van der Waals surface area contributed by atoms with Crippen LogP contribution in [0.15, 0.2) is 35.3 Å². The number of hydrogen-bond acceptors (Lipinski definition) is 27. The molecule has 538 valence electrons. The number of hydrogen-bond donors (Lipinski definition) is 22. The van der Waals surface area contributed by atoms with E-state index >= 15 is 0 Å². The van der Waals surface area contributed by atoms with Gasteiger partial charge in [0.15, 0.2) is 22.7 Å². The van der Waals surface area contributed by atoms with E-state index in [1.807, 2.05) is 0 Å². The van der Waals surface area contributed by atoms with E-state index in [2.05, 4.69) is 57.2 Å². The topological polar surface area (TPSA) is 655 Å². The Balaban J connectivity index is 1.90. The number of nitrogens with two attached hydrogens (primary N) is 2. The van der Waals surface area contributed by atoms with E-state index in [1.165, 1.54) is 37.4 Å². The molecule has 0 fully saturated rings. The molecule has 1 aromatic carbocycles. The van der Waals surface area contributed by atoms with Crippen molar-refractivity contribution in [1.29, 1.82) is 0 Å². The summed E-state index contributed by atoms with van der Waals surface area (Å²) >= 11 is 0. The number of H-pyrrole nitrogens is 1. The first kappa shape index (κ1) is 82.0. The fourth-order valence-corrected chi connectivity index (χ4v) is 9.80. The lowest BCUT2D eigenvalue weighted by atomic mass is 9.88. The summed E-state index contributed by atoms with van der Waals surface area (Å²) in [6.07, 6.45) is -19.3. The zero-order chi connectivity index (χ0) is 72.6. The Morgan fingerprint density at radius 2 is 1.18 bits per heavy atom. The number of aromatic amines is 1. The number of aromatic nitrogens is 4. The number of aliphatic hydroxyl groups is 8. The van der Waals surface area contributed by atoms with Gasteiger partial charge in [-0.25, -0.2) is 19.6 Å². The summed E-state index contributed by atoms with van der Waals surface area (Å²) in [6.45, 7) is -0.996. The quantitative estimate of drug-likeness (QED) is 0.0234. The van der Waals surface area contributed by atoms with Crippen molar-refractivity contribution >= 4 is 93.7 Å². The van der Waals surface area contributed by atoms with E-state index in [-0.39, 0.29) is 55.0 Å². The highest BCUT2D eigenvalue weighted by atomic mass is 16.4. The first-order chi connectivity index (χ1) is 45.8. The number of Topliss-reactive ketones (excluding diaryl/α,β-unsaturated/α-hetero) is 2. The number of carboxylic acid groups (broad SMARTS) is 4. The lowest BCUT2D eigenvalue weighted by molar-refractivity contribution is -0.143. The van der Waals surface area contributed by atoms with Crippen LogP contribution in [0.1, 0.15) is 126 Å². The molecular formula is C59H87N13O25. The van der Waals surface area contributed by atoms with E-state index < -0.39 is 258 Å². The fourth-order valence-electron chi connectivity index (χ4n) is 9.80. The molecule has 3 rings (SSSR count). The van der Waals surface area contributed by atoms with Crippen LogP contribution in [-0.4, -0.2) is 239 Å². The predicted octanol–water partition coefficient (Wildman–Crippen LogP) is -5.65. The molecule has 6 amide bonds. The zero-order valence-electron chi connectivity index (χ0n) is 52.9. The van der Waals surface area contributed by atoms with Crippen LogP contribution in [0.25, 0.3) is 11.2 Å². The number of aliphatic hydroxyl groups excluding tert-OH is 8. The van der Waals surface area contributed by atoms with Gasteiger partial charge in [-0.05, 0) is 82.1 Å². The molecule has 0 saturated heterocycles.